The van der Waals surface area contributed by atoms with Crippen LogP contribution in [-0.2, 0) is 0 Å². The second-order valence-electron chi connectivity index (χ2n) is 3.19. The molecule has 0 N–H and O–H groups in total. The molecule has 0 spiro atoms. The monoisotopic (exact) mass is 283 g/mol. The van der Waals surface area contributed by atoms with Crippen molar-refractivity contribution < 1.29 is 17.9 Å². The van der Waals surface area contributed by atoms with E-state index in [0.717, 1.165) is 6.07 Å². The van der Waals surface area contributed by atoms with E-state index in [-0.39, 0.29) is 16.4 Å². The molecule has 0 saturated carbocycles. The maximum atomic E-state index is 13.1. The number of alkyl halides is 2. The Hall–Kier alpha value is -0.780. The molecule has 0 aliphatic carbocycles. The van der Waals surface area contributed by atoms with Gasteiger partial charge in [-0.3, -0.25) is 0 Å². The molecule has 0 unspecified atom stereocenters. The summed E-state index contributed by atoms with van der Waals surface area (Å²) in [6, 6.07) is 1.14. The Labute approximate surface area is 93.6 Å². The Balaban J connectivity index is 3.16. The number of halogens is 4. The van der Waals surface area contributed by atoms with Crippen LogP contribution < -0.4 is 4.74 Å². The molecule has 84 valence electrons. The summed E-state index contributed by atoms with van der Waals surface area (Å²) in [4.78, 5) is 3.57. The van der Waals surface area contributed by atoms with E-state index in [0.29, 0.717) is 5.56 Å². The average molecular weight is 284 g/mol. The van der Waals surface area contributed by atoms with Gasteiger partial charge in [0.15, 0.2) is 5.82 Å². The highest BCUT2D eigenvalue weighted by atomic mass is 79.9. The normalized spacial score (nSPS) is 11.2. The SMILES string of the molecule is CC(C)c1cc(F)c(Br)nc1OC(F)F. The van der Waals surface area contributed by atoms with Crippen LogP contribution in [0.5, 0.6) is 5.88 Å². The minimum atomic E-state index is -2.97. The number of hydrogen-bond donors (Lipinski definition) is 0. The predicted octanol–water partition coefficient (Wildman–Crippen LogP) is 3.71. The van der Waals surface area contributed by atoms with Gasteiger partial charge in [0.25, 0.3) is 0 Å². The summed E-state index contributed by atoms with van der Waals surface area (Å²) in [7, 11) is 0. The minimum absolute atomic E-state index is 0.137. The van der Waals surface area contributed by atoms with Crippen LogP contribution in [0.25, 0.3) is 0 Å². The van der Waals surface area contributed by atoms with E-state index in [9.17, 15) is 13.2 Å². The fraction of sp³-hybridized carbons (Fsp3) is 0.444. The second-order valence-corrected chi connectivity index (χ2v) is 3.94. The Morgan fingerprint density at radius 1 is 1.40 bits per heavy atom. The fourth-order valence-corrected chi connectivity index (χ4v) is 1.33. The first-order valence-corrected chi connectivity index (χ1v) is 5.02. The van der Waals surface area contributed by atoms with Crippen LogP contribution >= 0.6 is 15.9 Å². The van der Waals surface area contributed by atoms with Gasteiger partial charge in [0.2, 0.25) is 5.88 Å². The zero-order valence-corrected chi connectivity index (χ0v) is 9.69. The molecule has 0 radical (unpaired) electrons. The topological polar surface area (TPSA) is 22.1 Å². The van der Waals surface area contributed by atoms with Gasteiger partial charge in [-0.05, 0) is 27.9 Å². The van der Waals surface area contributed by atoms with Gasteiger partial charge in [-0.25, -0.2) is 9.37 Å². The largest absolute Gasteiger partial charge is 0.417 e. The van der Waals surface area contributed by atoms with Crippen molar-refractivity contribution in [2.24, 2.45) is 0 Å². The molecule has 6 heteroatoms. The molecule has 1 aromatic heterocycles. The lowest BCUT2D eigenvalue weighted by Gasteiger charge is -2.12. The molecular formula is C9H9BrF3NO. The molecule has 0 aliphatic heterocycles. The van der Waals surface area contributed by atoms with E-state index < -0.39 is 12.4 Å². The van der Waals surface area contributed by atoms with Gasteiger partial charge in [-0.2, -0.15) is 8.78 Å². The molecule has 1 heterocycles. The van der Waals surface area contributed by atoms with Gasteiger partial charge in [0.1, 0.15) is 4.60 Å². The Bertz CT molecular complexity index is 357. The number of rotatable bonds is 3. The molecule has 15 heavy (non-hydrogen) atoms. The fourth-order valence-electron chi connectivity index (χ4n) is 1.06. The molecule has 0 saturated heterocycles. The van der Waals surface area contributed by atoms with E-state index in [1.54, 1.807) is 13.8 Å². The van der Waals surface area contributed by atoms with Crippen LogP contribution in [0.4, 0.5) is 13.2 Å². The molecule has 0 aromatic carbocycles. The third kappa shape index (κ3) is 3.09. The minimum Gasteiger partial charge on any atom is -0.417 e. The van der Waals surface area contributed by atoms with Crippen molar-refractivity contribution in [3.8, 4) is 5.88 Å². The van der Waals surface area contributed by atoms with E-state index in [4.69, 9.17) is 0 Å². The van der Waals surface area contributed by atoms with Gasteiger partial charge in [-0.15, -0.1) is 0 Å². The van der Waals surface area contributed by atoms with Gasteiger partial charge in [0.05, 0.1) is 0 Å². The number of nitrogens with zero attached hydrogens (tertiary/aromatic N) is 1. The summed E-state index contributed by atoms with van der Waals surface area (Å²) in [6.07, 6.45) is 0. The summed E-state index contributed by atoms with van der Waals surface area (Å²) >= 11 is 2.81. The highest BCUT2D eigenvalue weighted by molar-refractivity contribution is 9.10. The zero-order valence-electron chi connectivity index (χ0n) is 8.10. The van der Waals surface area contributed by atoms with Crippen LogP contribution in [0.15, 0.2) is 10.7 Å². The highest BCUT2D eigenvalue weighted by Gasteiger charge is 2.17. The van der Waals surface area contributed by atoms with Gasteiger partial charge >= 0.3 is 6.61 Å². The predicted molar refractivity (Wildman–Crippen MR) is 52.6 cm³/mol. The molecule has 0 atom stereocenters. The van der Waals surface area contributed by atoms with Crippen LogP contribution in [-0.4, -0.2) is 11.6 Å². The van der Waals surface area contributed by atoms with Crippen LogP contribution in [0.2, 0.25) is 0 Å². The lowest BCUT2D eigenvalue weighted by molar-refractivity contribution is -0.0538. The number of aromatic nitrogens is 1. The van der Waals surface area contributed by atoms with E-state index >= 15 is 0 Å². The van der Waals surface area contributed by atoms with Crippen LogP contribution in [0, 0.1) is 5.82 Å². The van der Waals surface area contributed by atoms with E-state index in [1.165, 1.54) is 0 Å². The summed E-state index contributed by atoms with van der Waals surface area (Å²) in [6.45, 7) is 0.512. The highest BCUT2D eigenvalue weighted by Crippen LogP contribution is 2.29. The zero-order chi connectivity index (χ0) is 11.6. The van der Waals surface area contributed by atoms with Crippen LogP contribution in [0.3, 0.4) is 0 Å². The van der Waals surface area contributed by atoms with E-state index in [2.05, 4.69) is 25.7 Å². The standard InChI is InChI=1S/C9H9BrF3NO/c1-4(2)5-3-6(11)7(10)14-8(5)15-9(12)13/h3-4,9H,1-2H3. The molecule has 2 nitrogen and oxygen atoms in total. The van der Waals surface area contributed by atoms with Crippen molar-refractivity contribution >= 4 is 15.9 Å². The molecule has 0 aliphatic rings. The van der Waals surface area contributed by atoms with Gasteiger partial charge < -0.3 is 4.74 Å². The number of ether oxygens (including phenoxy) is 1. The summed E-state index contributed by atoms with van der Waals surface area (Å²) in [5.41, 5.74) is 0.316. The summed E-state index contributed by atoms with van der Waals surface area (Å²) < 4.78 is 41.2. The third-order valence-corrected chi connectivity index (χ3v) is 2.30. The summed E-state index contributed by atoms with van der Waals surface area (Å²) in [5.74, 6) is -0.984. The second kappa shape index (κ2) is 4.83. The molecular weight excluding hydrogens is 275 g/mol. The maximum Gasteiger partial charge on any atom is 0.388 e. The van der Waals surface area contributed by atoms with Crippen molar-refractivity contribution in [2.75, 3.05) is 0 Å². The van der Waals surface area contributed by atoms with Crippen molar-refractivity contribution in [2.45, 2.75) is 26.4 Å². The maximum absolute atomic E-state index is 13.1. The van der Waals surface area contributed by atoms with Crippen molar-refractivity contribution in [3.63, 3.8) is 0 Å². The lowest BCUT2D eigenvalue weighted by atomic mass is 10.1. The Morgan fingerprint density at radius 3 is 2.47 bits per heavy atom. The van der Waals surface area contributed by atoms with Crippen LogP contribution in [0.1, 0.15) is 25.3 Å². The average Bonchev–Trinajstić information content (AvgIpc) is 2.09. The van der Waals surface area contributed by atoms with E-state index in [1.807, 2.05) is 0 Å². The van der Waals surface area contributed by atoms with Crippen molar-refractivity contribution in [3.05, 3.63) is 22.1 Å². The smallest absolute Gasteiger partial charge is 0.388 e. The third-order valence-electron chi connectivity index (χ3n) is 1.75. The number of pyridine rings is 1. The Morgan fingerprint density at radius 2 is 2.00 bits per heavy atom. The quantitative estimate of drug-likeness (QED) is 0.789. The lowest BCUT2D eigenvalue weighted by Crippen LogP contribution is -2.08. The summed E-state index contributed by atoms with van der Waals surface area (Å²) in [5, 5.41) is 0. The first-order chi connectivity index (χ1) is 6.91. The van der Waals surface area contributed by atoms with Crippen molar-refractivity contribution in [1.29, 1.82) is 0 Å². The molecule has 1 aromatic rings. The number of hydrogen-bond acceptors (Lipinski definition) is 2. The first-order valence-electron chi connectivity index (χ1n) is 4.22. The van der Waals surface area contributed by atoms with Crippen molar-refractivity contribution in [1.82, 2.24) is 4.98 Å². The van der Waals surface area contributed by atoms with Gasteiger partial charge in [-0.1, -0.05) is 13.8 Å². The molecule has 0 fully saturated rings. The molecule has 1 rings (SSSR count). The molecule has 0 amide bonds. The Kier molecular flexibility index (Phi) is 3.96. The first kappa shape index (κ1) is 12.3. The molecule has 0 bridgehead atoms. The van der Waals surface area contributed by atoms with Gasteiger partial charge in [0, 0.05) is 5.56 Å².